The van der Waals surface area contributed by atoms with Crippen LogP contribution in [-0.4, -0.2) is 14.2 Å². The Labute approximate surface area is 126 Å². The number of hydrogen-bond donors (Lipinski definition) is 1. The second-order valence-corrected chi connectivity index (χ2v) is 5.29. The minimum Gasteiger partial charge on any atom is -0.496 e. The summed E-state index contributed by atoms with van der Waals surface area (Å²) in [5.74, 6) is 0.602. The molecule has 0 aliphatic rings. The lowest BCUT2D eigenvalue weighted by molar-refractivity contribution is 0.405. The van der Waals surface area contributed by atoms with Gasteiger partial charge in [0.15, 0.2) is 0 Å². The van der Waals surface area contributed by atoms with E-state index in [4.69, 9.17) is 4.74 Å². The summed E-state index contributed by atoms with van der Waals surface area (Å²) in [5.41, 5.74) is 2.08. The highest BCUT2D eigenvalue weighted by atomic mass is 127. The average molecular weight is 371 g/mol. The number of nitrogens with one attached hydrogen (secondary N) is 1. The van der Waals surface area contributed by atoms with Gasteiger partial charge in [0.2, 0.25) is 0 Å². The minimum atomic E-state index is -0.219. The van der Waals surface area contributed by atoms with Gasteiger partial charge in [-0.1, -0.05) is 24.3 Å². The summed E-state index contributed by atoms with van der Waals surface area (Å²) >= 11 is 2.15. The summed E-state index contributed by atoms with van der Waals surface area (Å²) in [7, 11) is 3.54. The fraction of sp³-hybridized carbons (Fsp3) is 0.200. The first-order valence-electron chi connectivity index (χ1n) is 5.92. The Balaban J connectivity index is 2.50. The van der Waals surface area contributed by atoms with Crippen LogP contribution in [0.4, 0.5) is 4.39 Å². The molecule has 0 saturated carbocycles. The van der Waals surface area contributed by atoms with Crippen molar-refractivity contribution in [1.29, 1.82) is 0 Å². The van der Waals surface area contributed by atoms with E-state index in [1.807, 2.05) is 37.4 Å². The van der Waals surface area contributed by atoms with Gasteiger partial charge in [0.05, 0.1) is 13.2 Å². The Morgan fingerprint density at radius 2 is 1.89 bits per heavy atom. The molecule has 2 nitrogen and oxygen atoms in total. The van der Waals surface area contributed by atoms with Crippen molar-refractivity contribution in [2.45, 2.75) is 6.04 Å². The SMILES string of the molecule is CNC(c1ccc(F)cc1I)c1ccccc1OC. The number of hydrogen-bond acceptors (Lipinski definition) is 2. The van der Waals surface area contributed by atoms with E-state index in [1.165, 1.54) is 12.1 Å². The van der Waals surface area contributed by atoms with Crippen LogP contribution in [0.1, 0.15) is 17.2 Å². The van der Waals surface area contributed by atoms with Gasteiger partial charge in [0, 0.05) is 9.13 Å². The van der Waals surface area contributed by atoms with Crippen molar-refractivity contribution in [2.75, 3.05) is 14.2 Å². The fourth-order valence-electron chi connectivity index (χ4n) is 2.12. The lowest BCUT2D eigenvalue weighted by Gasteiger charge is -2.21. The Morgan fingerprint density at radius 1 is 1.16 bits per heavy atom. The summed E-state index contributed by atoms with van der Waals surface area (Å²) in [6.07, 6.45) is 0. The molecule has 0 aromatic heterocycles. The summed E-state index contributed by atoms with van der Waals surface area (Å²) in [6.45, 7) is 0. The van der Waals surface area contributed by atoms with E-state index in [9.17, 15) is 4.39 Å². The highest BCUT2D eigenvalue weighted by Gasteiger charge is 2.18. The van der Waals surface area contributed by atoms with Crippen LogP contribution < -0.4 is 10.1 Å². The molecule has 0 fully saturated rings. The Morgan fingerprint density at radius 3 is 2.53 bits per heavy atom. The zero-order valence-electron chi connectivity index (χ0n) is 10.8. The highest BCUT2D eigenvalue weighted by molar-refractivity contribution is 14.1. The van der Waals surface area contributed by atoms with Crippen molar-refractivity contribution in [3.05, 3.63) is 63.0 Å². The van der Waals surface area contributed by atoms with E-state index in [2.05, 4.69) is 27.9 Å². The van der Waals surface area contributed by atoms with Gasteiger partial charge in [-0.3, -0.25) is 0 Å². The number of methoxy groups -OCH3 is 1. The third-order valence-electron chi connectivity index (χ3n) is 3.01. The van der Waals surface area contributed by atoms with Gasteiger partial charge < -0.3 is 10.1 Å². The third kappa shape index (κ3) is 3.06. The van der Waals surface area contributed by atoms with Gasteiger partial charge in [-0.05, 0) is 53.4 Å². The molecule has 0 amide bonds. The van der Waals surface area contributed by atoms with Crippen molar-refractivity contribution < 1.29 is 9.13 Å². The quantitative estimate of drug-likeness (QED) is 0.827. The summed E-state index contributed by atoms with van der Waals surface area (Å²) in [4.78, 5) is 0. The molecule has 2 aromatic carbocycles. The minimum absolute atomic E-state index is 0.0244. The summed E-state index contributed by atoms with van der Waals surface area (Å²) in [6, 6.07) is 12.7. The largest absolute Gasteiger partial charge is 0.496 e. The number of benzene rings is 2. The third-order valence-corrected chi connectivity index (χ3v) is 3.95. The lowest BCUT2D eigenvalue weighted by atomic mass is 9.98. The van der Waals surface area contributed by atoms with Crippen LogP contribution in [0, 0.1) is 9.39 Å². The number of para-hydroxylation sites is 1. The molecule has 4 heteroatoms. The molecule has 1 N–H and O–H groups in total. The van der Waals surface area contributed by atoms with Crippen LogP contribution in [0.15, 0.2) is 42.5 Å². The molecule has 2 rings (SSSR count). The van der Waals surface area contributed by atoms with E-state index in [1.54, 1.807) is 7.11 Å². The van der Waals surface area contributed by atoms with Crippen LogP contribution in [0.5, 0.6) is 5.75 Å². The van der Waals surface area contributed by atoms with Crippen LogP contribution in [0.25, 0.3) is 0 Å². The number of ether oxygens (including phenoxy) is 1. The summed E-state index contributed by atoms with van der Waals surface area (Å²) < 4.78 is 19.5. The highest BCUT2D eigenvalue weighted by Crippen LogP contribution is 2.32. The topological polar surface area (TPSA) is 21.3 Å². The maximum absolute atomic E-state index is 13.2. The van der Waals surface area contributed by atoms with E-state index in [0.29, 0.717) is 0 Å². The first-order valence-corrected chi connectivity index (χ1v) is 7.00. The predicted octanol–water partition coefficient (Wildman–Crippen LogP) is 3.75. The van der Waals surface area contributed by atoms with Crippen molar-refractivity contribution in [3.63, 3.8) is 0 Å². The number of halogens is 2. The first kappa shape index (κ1) is 14.3. The van der Waals surface area contributed by atoms with Crippen molar-refractivity contribution in [1.82, 2.24) is 5.32 Å². The van der Waals surface area contributed by atoms with Gasteiger partial charge in [-0.15, -0.1) is 0 Å². The zero-order chi connectivity index (χ0) is 13.8. The molecule has 19 heavy (non-hydrogen) atoms. The molecule has 0 saturated heterocycles. The van der Waals surface area contributed by atoms with Crippen molar-refractivity contribution in [2.24, 2.45) is 0 Å². The van der Waals surface area contributed by atoms with Crippen molar-refractivity contribution in [3.8, 4) is 5.75 Å². The van der Waals surface area contributed by atoms with Gasteiger partial charge in [-0.25, -0.2) is 4.39 Å². The van der Waals surface area contributed by atoms with Crippen LogP contribution in [0.2, 0.25) is 0 Å². The van der Waals surface area contributed by atoms with Gasteiger partial charge in [-0.2, -0.15) is 0 Å². The molecule has 2 aromatic rings. The molecule has 0 aliphatic heterocycles. The maximum atomic E-state index is 13.2. The molecule has 0 spiro atoms. The molecule has 0 bridgehead atoms. The van der Waals surface area contributed by atoms with Crippen LogP contribution in [0.3, 0.4) is 0 Å². The number of rotatable bonds is 4. The monoisotopic (exact) mass is 371 g/mol. The second kappa shape index (κ2) is 6.34. The molecule has 1 atom stereocenters. The van der Waals surface area contributed by atoms with E-state index in [0.717, 1.165) is 20.4 Å². The van der Waals surface area contributed by atoms with Crippen LogP contribution >= 0.6 is 22.6 Å². The molecule has 100 valence electrons. The Kier molecular flexibility index (Phi) is 4.76. The normalized spacial score (nSPS) is 12.2. The van der Waals surface area contributed by atoms with Gasteiger partial charge >= 0.3 is 0 Å². The molecular weight excluding hydrogens is 356 g/mol. The van der Waals surface area contributed by atoms with E-state index < -0.39 is 0 Å². The zero-order valence-corrected chi connectivity index (χ0v) is 12.9. The van der Waals surface area contributed by atoms with Crippen LogP contribution in [-0.2, 0) is 0 Å². The van der Waals surface area contributed by atoms with Crippen molar-refractivity contribution >= 4 is 22.6 Å². The molecule has 0 heterocycles. The summed E-state index contributed by atoms with van der Waals surface area (Å²) in [5, 5.41) is 3.26. The second-order valence-electron chi connectivity index (χ2n) is 4.13. The maximum Gasteiger partial charge on any atom is 0.124 e. The average Bonchev–Trinajstić information content (AvgIpc) is 2.42. The molecular formula is C15H15FINO. The predicted molar refractivity (Wildman–Crippen MR) is 83.0 cm³/mol. The smallest absolute Gasteiger partial charge is 0.124 e. The fourth-order valence-corrected chi connectivity index (χ4v) is 2.91. The Hall–Kier alpha value is -1.14. The standard InChI is InChI=1S/C15H15FINO/c1-18-15(11-8-7-10(16)9-13(11)17)12-5-3-4-6-14(12)19-2/h3-9,15,18H,1-2H3. The first-order chi connectivity index (χ1) is 9.17. The molecule has 1 unspecified atom stereocenters. The lowest BCUT2D eigenvalue weighted by Crippen LogP contribution is -2.19. The van der Waals surface area contributed by atoms with Gasteiger partial charge in [0.1, 0.15) is 11.6 Å². The van der Waals surface area contributed by atoms with E-state index >= 15 is 0 Å². The van der Waals surface area contributed by atoms with E-state index in [-0.39, 0.29) is 11.9 Å². The Bertz CT molecular complexity index is 574. The molecule has 0 radical (unpaired) electrons. The van der Waals surface area contributed by atoms with Gasteiger partial charge in [0.25, 0.3) is 0 Å². The molecule has 0 aliphatic carbocycles.